The summed E-state index contributed by atoms with van der Waals surface area (Å²) in [6.07, 6.45) is 0.644. The van der Waals surface area contributed by atoms with Gasteiger partial charge in [-0.1, -0.05) is 15.9 Å². The first-order valence-electron chi connectivity index (χ1n) is 4.70. The molecular weight excluding hydrogens is 282 g/mol. The second-order valence-corrected chi connectivity index (χ2v) is 4.64. The summed E-state index contributed by atoms with van der Waals surface area (Å²) >= 11 is 2.94. The molecule has 6 heteroatoms. The number of carbonyl (C=O) groups excluding carboxylic acids is 1. The zero-order valence-electron chi connectivity index (χ0n) is 8.14. The third kappa shape index (κ3) is 2.22. The molecule has 1 aromatic rings. The Bertz CT molecular complexity index is 429. The first kappa shape index (κ1) is 11.5. The van der Waals surface area contributed by atoms with E-state index in [0.717, 1.165) is 12.1 Å². The van der Waals surface area contributed by atoms with Crippen molar-refractivity contribution in [3.05, 3.63) is 33.8 Å². The van der Waals surface area contributed by atoms with Gasteiger partial charge in [-0.15, -0.1) is 0 Å². The Kier molecular flexibility index (Phi) is 2.94. The Labute approximate surface area is 99.1 Å². The fourth-order valence-corrected chi connectivity index (χ4v) is 1.78. The topological polar surface area (TPSA) is 55.1 Å². The van der Waals surface area contributed by atoms with E-state index >= 15 is 0 Å². The van der Waals surface area contributed by atoms with Gasteiger partial charge in [0.1, 0.15) is 17.2 Å². The fraction of sp³-hybridized carbons (Fsp3) is 0.300. The molecule has 2 rings (SSSR count). The van der Waals surface area contributed by atoms with E-state index in [-0.39, 0.29) is 16.6 Å². The van der Waals surface area contributed by atoms with E-state index in [9.17, 15) is 13.6 Å². The van der Waals surface area contributed by atoms with Gasteiger partial charge in [-0.05, 0) is 18.6 Å². The van der Waals surface area contributed by atoms with Gasteiger partial charge in [0.05, 0.1) is 0 Å². The molecule has 3 N–H and O–H groups in total. The summed E-state index contributed by atoms with van der Waals surface area (Å²) in [6.45, 7) is 0. The van der Waals surface area contributed by atoms with E-state index in [1.165, 1.54) is 0 Å². The number of rotatable bonds is 2. The lowest BCUT2D eigenvalue weighted by Gasteiger charge is -2.06. The lowest BCUT2D eigenvalue weighted by Crippen LogP contribution is -2.31. The summed E-state index contributed by atoms with van der Waals surface area (Å²) in [7, 11) is 0. The molecule has 1 amide bonds. The summed E-state index contributed by atoms with van der Waals surface area (Å²) in [6, 6.07) is 1.82. The molecule has 0 saturated heterocycles. The molecule has 0 radical (unpaired) electrons. The van der Waals surface area contributed by atoms with Gasteiger partial charge < -0.3 is 11.1 Å². The van der Waals surface area contributed by atoms with Crippen LogP contribution in [0.5, 0.6) is 0 Å². The van der Waals surface area contributed by atoms with Crippen molar-refractivity contribution in [3.8, 4) is 0 Å². The zero-order valence-corrected chi connectivity index (χ0v) is 9.72. The molecule has 1 fully saturated rings. The van der Waals surface area contributed by atoms with Gasteiger partial charge >= 0.3 is 0 Å². The molecule has 1 aliphatic rings. The SMILES string of the molecule is NC1CC1NC(=O)c1c(F)cc(Br)cc1F. The summed E-state index contributed by atoms with van der Waals surface area (Å²) in [4.78, 5) is 11.5. The summed E-state index contributed by atoms with van der Waals surface area (Å²) in [5.74, 6) is -2.54. The predicted octanol–water partition coefficient (Wildman–Crippen LogP) is 1.56. The van der Waals surface area contributed by atoms with Gasteiger partial charge in [-0.2, -0.15) is 0 Å². The van der Waals surface area contributed by atoms with Crippen LogP contribution in [0.2, 0.25) is 0 Å². The second kappa shape index (κ2) is 4.10. The van der Waals surface area contributed by atoms with Crippen molar-refractivity contribution < 1.29 is 13.6 Å². The molecule has 1 saturated carbocycles. The Hall–Kier alpha value is -1.01. The number of hydrogen-bond acceptors (Lipinski definition) is 2. The van der Waals surface area contributed by atoms with E-state index < -0.39 is 23.1 Å². The van der Waals surface area contributed by atoms with Crippen LogP contribution in [0.3, 0.4) is 0 Å². The Balaban J connectivity index is 2.22. The first-order valence-corrected chi connectivity index (χ1v) is 5.49. The second-order valence-electron chi connectivity index (χ2n) is 3.72. The third-order valence-corrected chi connectivity index (χ3v) is 2.85. The molecule has 0 spiro atoms. The molecule has 3 nitrogen and oxygen atoms in total. The molecule has 0 aromatic heterocycles. The number of nitrogens with two attached hydrogens (primary N) is 1. The molecule has 1 aliphatic carbocycles. The largest absolute Gasteiger partial charge is 0.347 e. The van der Waals surface area contributed by atoms with E-state index in [1.807, 2.05) is 0 Å². The fourth-order valence-electron chi connectivity index (χ4n) is 1.38. The van der Waals surface area contributed by atoms with Crippen LogP contribution in [0.1, 0.15) is 16.8 Å². The third-order valence-electron chi connectivity index (χ3n) is 2.39. The maximum absolute atomic E-state index is 13.4. The molecule has 1 aromatic carbocycles. The van der Waals surface area contributed by atoms with Gasteiger partial charge in [0, 0.05) is 16.6 Å². The molecule has 2 unspecified atom stereocenters. The van der Waals surface area contributed by atoms with E-state index in [4.69, 9.17) is 5.73 Å². The van der Waals surface area contributed by atoms with Crippen molar-refractivity contribution in [1.29, 1.82) is 0 Å². The maximum atomic E-state index is 13.4. The zero-order chi connectivity index (χ0) is 11.9. The van der Waals surface area contributed by atoms with Crippen molar-refractivity contribution >= 4 is 21.8 Å². The van der Waals surface area contributed by atoms with E-state index in [0.29, 0.717) is 6.42 Å². The number of hydrogen-bond donors (Lipinski definition) is 2. The van der Waals surface area contributed by atoms with Gasteiger partial charge in [0.15, 0.2) is 0 Å². The number of carbonyl (C=O) groups is 1. The van der Waals surface area contributed by atoms with Gasteiger partial charge in [0.25, 0.3) is 5.91 Å². The summed E-state index contributed by atoms with van der Waals surface area (Å²) < 4.78 is 27.0. The standard InChI is InChI=1S/C10H9BrF2N2O/c11-4-1-5(12)9(6(13)2-4)10(16)15-8-3-7(8)14/h1-2,7-8H,3,14H2,(H,15,16). The monoisotopic (exact) mass is 290 g/mol. The average molecular weight is 291 g/mol. The maximum Gasteiger partial charge on any atom is 0.257 e. The number of halogens is 3. The van der Waals surface area contributed by atoms with Crippen LogP contribution in [0.15, 0.2) is 16.6 Å². The van der Waals surface area contributed by atoms with Crippen molar-refractivity contribution in [2.24, 2.45) is 5.73 Å². The van der Waals surface area contributed by atoms with Crippen molar-refractivity contribution in [2.45, 2.75) is 18.5 Å². The highest BCUT2D eigenvalue weighted by Crippen LogP contribution is 2.22. The molecule has 2 atom stereocenters. The lowest BCUT2D eigenvalue weighted by molar-refractivity contribution is 0.0942. The van der Waals surface area contributed by atoms with Crippen LogP contribution in [0.4, 0.5) is 8.78 Å². The highest BCUT2D eigenvalue weighted by molar-refractivity contribution is 9.10. The van der Waals surface area contributed by atoms with Crippen LogP contribution in [0.25, 0.3) is 0 Å². The highest BCUT2D eigenvalue weighted by Gasteiger charge is 2.35. The minimum Gasteiger partial charge on any atom is -0.347 e. The van der Waals surface area contributed by atoms with Crippen molar-refractivity contribution in [3.63, 3.8) is 0 Å². The van der Waals surface area contributed by atoms with Crippen molar-refractivity contribution in [2.75, 3.05) is 0 Å². The Morgan fingerprint density at radius 2 is 1.94 bits per heavy atom. The van der Waals surface area contributed by atoms with Crippen LogP contribution >= 0.6 is 15.9 Å². The normalized spacial score (nSPS) is 23.0. The van der Waals surface area contributed by atoms with Gasteiger partial charge in [-0.25, -0.2) is 8.78 Å². The van der Waals surface area contributed by atoms with Crippen LogP contribution in [-0.4, -0.2) is 18.0 Å². The number of amides is 1. The molecule has 0 aliphatic heterocycles. The Morgan fingerprint density at radius 1 is 1.44 bits per heavy atom. The quantitative estimate of drug-likeness (QED) is 0.868. The molecular formula is C10H9BrF2N2O. The van der Waals surface area contributed by atoms with Crippen LogP contribution in [0, 0.1) is 11.6 Å². The molecule has 16 heavy (non-hydrogen) atoms. The van der Waals surface area contributed by atoms with Crippen LogP contribution in [-0.2, 0) is 0 Å². The lowest BCUT2D eigenvalue weighted by atomic mass is 10.2. The molecule has 0 heterocycles. The van der Waals surface area contributed by atoms with Crippen molar-refractivity contribution in [1.82, 2.24) is 5.32 Å². The Morgan fingerprint density at radius 3 is 2.38 bits per heavy atom. The predicted molar refractivity (Wildman–Crippen MR) is 57.9 cm³/mol. The molecule has 0 bridgehead atoms. The minimum atomic E-state index is -0.890. The number of benzene rings is 1. The first-order chi connectivity index (χ1) is 7.49. The average Bonchev–Trinajstić information content (AvgIpc) is 2.79. The minimum absolute atomic E-state index is 0.106. The number of nitrogens with one attached hydrogen (secondary N) is 1. The molecule has 86 valence electrons. The van der Waals surface area contributed by atoms with Gasteiger partial charge in [-0.3, -0.25) is 4.79 Å². The highest BCUT2D eigenvalue weighted by atomic mass is 79.9. The summed E-state index contributed by atoms with van der Waals surface area (Å²) in [5.41, 5.74) is 4.92. The van der Waals surface area contributed by atoms with Crippen LogP contribution < -0.4 is 11.1 Å². The smallest absolute Gasteiger partial charge is 0.257 e. The van der Waals surface area contributed by atoms with Gasteiger partial charge in [0.2, 0.25) is 0 Å². The van der Waals surface area contributed by atoms with E-state index in [1.54, 1.807) is 0 Å². The summed E-state index contributed by atoms with van der Waals surface area (Å²) in [5, 5.41) is 2.46. The van der Waals surface area contributed by atoms with E-state index in [2.05, 4.69) is 21.2 Å².